The Hall–Kier alpha value is -3.45. The molecule has 0 aliphatic carbocycles. The third-order valence-electron chi connectivity index (χ3n) is 4.64. The lowest BCUT2D eigenvalue weighted by Crippen LogP contribution is -2.24. The topological polar surface area (TPSA) is 86.5 Å². The second-order valence-corrected chi connectivity index (χ2v) is 6.36. The first-order valence-electron chi connectivity index (χ1n) is 8.82. The SMILES string of the molecule is COC(Cc1ccc(OCn2c3ncccc3c3cccnc32)cc1)C(=O)O. The van der Waals surface area contributed by atoms with Crippen molar-refractivity contribution >= 4 is 28.0 Å². The number of ether oxygens (including phenoxy) is 2. The summed E-state index contributed by atoms with van der Waals surface area (Å²) in [6.45, 7) is 0.267. The highest BCUT2D eigenvalue weighted by Crippen LogP contribution is 2.26. The summed E-state index contributed by atoms with van der Waals surface area (Å²) in [6, 6.07) is 15.2. The average molecular weight is 377 g/mol. The number of carboxylic acid groups (broad SMARTS) is 1. The lowest BCUT2D eigenvalue weighted by molar-refractivity contribution is -0.148. The maximum atomic E-state index is 11.1. The molecule has 142 valence electrons. The molecule has 3 aromatic heterocycles. The quantitative estimate of drug-likeness (QED) is 0.532. The number of carbonyl (C=O) groups is 1. The predicted molar refractivity (Wildman–Crippen MR) is 104 cm³/mol. The van der Waals surface area contributed by atoms with Crippen LogP contribution in [0.15, 0.2) is 60.9 Å². The molecule has 0 aliphatic heterocycles. The summed E-state index contributed by atoms with van der Waals surface area (Å²) in [5, 5.41) is 11.2. The largest absolute Gasteiger partial charge is 0.479 e. The van der Waals surface area contributed by atoms with Gasteiger partial charge in [-0.05, 0) is 42.0 Å². The molecule has 3 heterocycles. The third-order valence-corrected chi connectivity index (χ3v) is 4.64. The van der Waals surface area contributed by atoms with Crippen molar-refractivity contribution in [1.29, 1.82) is 0 Å². The fraction of sp³-hybridized carbons (Fsp3) is 0.190. The zero-order valence-corrected chi connectivity index (χ0v) is 15.3. The first-order chi connectivity index (χ1) is 13.7. The number of benzene rings is 1. The molecule has 1 atom stereocenters. The van der Waals surface area contributed by atoms with Crippen LogP contribution >= 0.6 is 0 Å². The van der Waals surface area contributed by atoms with Crippen LogP contribution in [0.5, 0.6) is 5.75 Å². The highest BCUT2D eigenvalue weighted by molar-refractivity contribution is 6.04. The highest BCUT2D eigenvalue weighted by Gasteiger charge is 2.17. The summed E-state index contributed by atoms with van der Waals surface area (Å²) in [4.78, 5) is 20.0. The number of fused-ring (bicyclic) bond motifs is 3. The van der Waals surface area contributed by atoms with E-state index in [2.05, 4.69) is 9.97 Å². The maximum absolute atomic E-state index is 11.1. The summed E-state index contributed by atoms with van der Waals surface area (Å²) >= 11 is 0. The predicted octanol–water partition coefficient (Wildman–Crippen LogP) is 3.26. The van der Waals surface area contributed by atoms with Gasteiger partial charge in [0.15, 0.2) is 12.8 Å². The summed E-state index contributed by atoms with van der Waals surface area (Å²) in [5.41, 5.74) is 2.50. The van der Waals surface area contributed by atoms with Gasteiger partial charge < -0.3 is 14.6 Å². The summed E-state index contributed by atoms with van der Waals surface area (Å²) in [5.74, 6) is -0.302. The van der Waals surface area contributed by atoms with Gasteiger partial charge in [-0.25, -0.2) is 14.8 Å². The van der Waals surface area contributed by atoms with Crippen molar-refractivity contribution in [2.24, 2.45) is 0 Å². The van der Waals surface area contributed by atoms with E-state index in [1.807, 2.05) is 53.1 Å². The Balaban J connectivity index is 1.54. The minimum atomic E-state index is -0.978. The Labute approximate surface area is 161 Å². The lowest BCUT2D eigenvalue weighted by atomic mass is 10.1. The van der Waals surface area contributed by atoms with E-state index in [1.165, 1.54) is 7.11 Å². The Kier molecular flexibility index (Phi) is 4.90. The molecule has 4 rings (SSSR count). The zero-order chi connectivity index (χ0) is 19.5. The summed E-state index contributed by atoms with van der Waals surface area (Å²) in [6.07, 6.45) is 2.94. The number of rotatable bonds is 7. The van der Waals surface area contributed by atoms with Crippen molar-refractivity contribution in [3.8, 4) is 5.75 Å². The Morgan fingerprint density at radius 1 is 1.04 bits per heavy atom. The number of aromatic nitrogens is 3. The van der Waals surface area contributed by atoms with Gasteiger partial charge in [-0.15, -0.1) is 0 Å². The smallest absolute Gasteiger partial charge is 0.333 e. The standard InChI is InChI=1S/C21H19N3O4/c1-27-18(21(25)26)12-14-6-8-15(9-7-14)28-13-24-19-16(4-2-10-22-19)17-5-3-11-23-20(17)24/h2-11,18H,12-13H2,1H3,(H,25,26). The number of carboxylic acids is 1. The Morgan fingerprint density at radius 3 is 2.18 bits per heavy atom. The van der Waals surface area contributed by atoms with E-state index in [9.17, 15) is 4.79 Å². The fourth-order valence-corrected chi connectivity index (χ4v) is 3.21. The van der Waals surface area contributed by atoms with E-state index in [0.717, 1.165) is 27.6 Å². The molecule has 0 amide bonds. The molecule has 7 heteroatoms. The summed E-state index contributed by atoms with van der Waals surface area (Å²) in [7, 11) is 1.39. The van der Waals surface area contributed by atoms with Crippen LogP contribution < -0.4 is 4.74 Å². The Morgan fingerprint density at radius 2 is 1.64 bits per heavy atom. The van der Waals surface area contributed by atoms with Crippen LogP contribution in [0.25, 0.3) is 22.1 Å². The number of pyridine rings is 2. The van der Waals surface area contributed by atoms with E-state index in [4.69, 9.17) is 14.6 Å². The number of methoxy groups -OCH3 is 1. The van der Waals surface area contributed by atoms with Crippen molar-refractivity contribution in [2.75, 3.05) is 7.11 Å². The number of aliphatic carboxylic acids is 1. The van der Waals surface area contributed by atoms with Crippen molar-refractivity contribution in [3.63, 3.8) is 0 Å². The van der Waals surface area contributed by atoms with Crippen LogP contribution in [0.1, 0.15) is 5.56 Å². The van der Waals surface area contributed by atoms with Crippen LogP contribution in [0.3, 0.4) is 0 Å². The maximum Gasteiger partial charge on any atom is 0.333 e. The fourth-order valence-electron chi connectivity index (χ4n) is 3.21. The molecule has 0 spiro atoms. The number of hydrogen-bond acceptors (Lipinski definition) is 5. The molecule has 7 nitrogen and oxygen atoms in total. The van der Waals surface area contributed by atoms with Gasteiger partial charge >= 0.3 is 5.97 Å². The molecule has 4 aromatic rings. The molecule has 0 radical (unpaired) electrons. The molecule has 1 aromatic carbocycles. The van der Waals surface area contributed by atoms with Crippen LogP contribution in [0.2, 0.25) is 0 Å². The molecule has 0 saturated carbocycles. The van der Waals surface area contributed by atoms with Crippen molar-refractivity contribution in [1.82, 2.24) is 14.5 Å². The summed E-state index contributed by atoms with van der Waals surface area (Å²) < 4.78 is 12.8. The van der Waals surface area contributed by atoms with Gasteiger partial charge in [0, 0.05) is 36.7 Å². The van der Waals surface area contributed by atoms with E-state index >= 15 is 0 Å². The van der Waals surface area contributed by atoms with Gasteiger partial charge in [0.25, 0.3) is 0 Å². The minimum Gasteiger partial charge on any atom is -0.479 e. The minimum absolute atomic E-state index is 0.267. The van der Waals surface area contributed by atoms with Gasteiger partial charge in [-0.1, -0.05) is 12.1 Å². The highest BCUT2D eigenvalue weighted by atomic mass is 16.5. The van der Waals surface area contributed by atoms with Gasteiger partial charge in [-0.3, -0.25) is 4.57 Å². The second kappa shape index (κ2) is 7.66. The Bertz CT molecular complexity index is 1070. The van der Waals surface area contributed by atoms with Crippen molar-refractivity contribution < 1.29 is 19.4 Å². The molecule has 0 bridgehead atoms. The van der Waals surface area contributed by atoms with Gasteiger partial charge in [0.2, 0.25) is 0 Å². The van der Waals surface area contributed by atoms with E-state index in [0.29, 0.717) is 12.2 Å². The first kappa shape index (κ1) is 17.9. The van der Waals surface area contributed by atoms with Gasteiger partial charge in [-0.2, -0.15) is 0 Å². The number of hydrogen-bond donors (Lipinski definition) is 1. The molecule has 0 saturated heterocycles. The van der Waals surface area contributed by atoms with Gasteiger partial charge in [0.1, 0.15) is 17.0 Å². The molecule has 1 N–H and O–H groups in total. The second-order valence-electron chi connectivity index (χ2n) is 6.36. The van der Waals surface area contributed by atoms with E-state index < -0.39 is 12.1 Å². The monoisotopic (exact) mass is 377 g/mol. The molecule has 0 fully saturated rings. The van der Waals surface area contributed by atoms with Crippen molar-refractivity contribution in [3.05, 3.63) is 66.5 Å². The lowest BCUT2D eigenvalue weighted by Gasteiger charge is -2.12. The molecular weight excluding hydrogens is 358 g/mol. The van der Waals surface area contributed by atoms with Gasteiger partial charge in [0.05, 0.1) is 0 Å². The van der Waals surface area contributed by atoms with Crippen LogP contribution in [-0.2, 0) is 22.7 Å². The molecule has 28 heavy (non-hydrogen) atoms. The average Bonchev–Trinajstić information content (AvgIpc) is 3.05. The molecular formula is C21H19N3O4. The van der Waals surface area contributed by atoms with Crippen LogP contribution in [-0.4, -0.2) is 38.8 Å². The number of nitrogens with zero attached hydrogens (tertiary/aromatic N) is 3. The van der Waals surface area contributed by atoms with Crippen LogP contribution in [0.4, 0.5) is 0 Å². The third kappa shape index (κ3) is 3.39. The zero-order valence-electron chi connectivity index (χ0n) is 15.3. The first-order valence-corrected chi connectivity index (χ1v) is 8.82. The van der Waals surface area contributed by atoms with E-state index in [-0.39, 0.29) is 6.73 Å². The molecule has 1 unspecified atom stereocenters. The van der Waals surface area contributed by atoms with E-state index in [1.54, 1.807) is 12.4 Å². The van der Waals surface area contributed by atoms with Crippen molar-refractivity contribution in [2.45, 2.75) is 19.3 Å². The van der Waals surface area contributed by atoms with Crippen LogP contribution in [0, 0.1) is 0 Å². The normalized spacial score (nSPS) is 12.3. The molecule has 0 aliphatic rings.